The summed E-state index contributed by atoms with van der Waals surface area (Å²) in [5.41, 5.74) is 0.915. The lowest BCUT2D eigenvalue weighted by atomic mass is 10.1. The lowest BCUT2D eigenvalue weighted by molar-refractivity contribution is -0.154. The Kier molecular flexibility index (Phi) is 7.36. The smallest absolute Gasteiger partial charge is 0.310 e. The minimum atomic E-state index is -0.536. The Hall–Kier alpha value is -2.27. The molecule has 24 heavy (non-hydrogen) atoms. The van der Waals surface area contributed by atoms with E-state index >= 15 is 0 Å². The maximum Gasteiger partial charge on any atom is 0.310 e. The van der Waals surface area contributed by atoms with Crippen molar-refractivity contribution in [3.8, 4) is 0 Å². The van der Waals surface area contributed by atoms with E-state index in [1.165, 1.54) is 18.9 Å². The quantitative estimate of drug-likeness (QED) is 0.540. The van der Waals surface area contributed by atoms with Crippen LogP contribution in [-0.4, -0.2) is 24.8 Å². The van der Waals surface area contributed by atoms with Crippen LogP contribution in [0.4, 0.5) is 0 Å². The van der Waals surface area contributed by atoms with Gasteiger partial charge in [-0.05, 0) is 17.7 Å². The molecule has 0 aromatic heterocycles. The van der Waals surface area contributed by atoms with Gasteiger partial charge in [0.1, 0.15) is 6.61 Å². The van der Waals surface area contributed by atoms with Gasteiger partial charge in [-0.2, -0.15) is 0 Å². The van der Waals surface area contributed by atoms with E-state index in [1.807, 2.05) is 60.7 Å². The third kappa shape index (κ3) is 6.08. The molecule has 0 heterocycles. The lowest BCUT2D eigenvalue weighted by Gasteiger charge is -2.15. The number of carbonyl (C=O) groups excluding carboxylic acids is 2. The summed E-state index contributed by atoms with van der Waals surface area (Å²) in [5.74, 6) is -0.864. The second-order valence-corrected chi connectivity index (χ2v) is 6.29. The lowest BCUT2D eigenvalue weighted by Crippen LogP contribution is -2.23. The van der Waals surface area contributed by atoms with Crippen molar-refractivity contribution < 1.29 is 19.1 Å². The molecule has 5 heteroatoms. The fraction of sp³-hybridized carbons (Fsp3) is 0.263. The van der Waals surface area contributed by atoms with Crippen molar-refractivity contribution >= 4 is 23.7 Å². The van der Waals surface area contributed by atoms with Crippen LogP contribution >= 0.6 is 11.8 Å². The number of carbonyl (C=O) groups is 2. The summed E-state index contributed by atoms with van der Waals surface area (Å²) in [6, 6.07) is 19.2. The highest BCUT2D eigenvalue weighted by Gasteiger charge is 2.24. The number of rotatable bonds is 8. The van der Waals surface area contributed by atoms with Crippen LogP contribution in [0.1, 0.15) is 12.0 Å². The first-order chi connectivity index (χ1) is 11.7. The van der Waals surface area contributed by atoms with Gasteiger partial charge in [-0.1, -0.05) is 48.5 Å². The highest BCUT2D eigenvalue weighted by molar-refractivity contribution is 7.99. The summed E-state index contributed by atoms with van der Waals surface area (Å²) in [6.45, 7) is 0.202. The molecule has 2 aromatic carbocycles. The summed E-state index contributed by atoms with van der Waals surface area (Å²) in [4.78, 5) is 25.0. The maximum atomic E-state index is 12.3. The van der Waals surface area contributed by atoms with Crippen molar-refractivity contribution in [1.82, 2.24) is 0 Å². The first-order valence-electron chi connectivity index (χ1n) is 7.64. The van der Waals surface area contributed by atoms with Crippen LogP contribution in [-0.2, 0) is 25.7 Å². The predicted octanol–water partition coefficient (Wildman–Crippen LogP) is 3.70. The van der Waals surface area contributed by atoms with Crippen LogP contribution in [0.3, 0.4) is 0 Å². The monoisotopic (exact) mass is 344 g/mol. The Morgan fingerprint density at radius 2 is 1.62 bits per heavy atom. The third-order valence-corrected chi connectivity index (χ3v) is 4.57. The molecule has 0 amide bonds. The summed E-state index contributed by atoms with van der Waals surface area (Å²) < 4.78 is 10.1. The van der Waals surface area contributed by atoms with Gasteiger partial charge in [0.05, 0.1) is 19.4 Å². The Balaban J connectivity index is 1.93. The number of ether oxygens (including phenoxy) is 2. The molecule has 1 unspecified atom stereocenters. The predicted molar refractivity (Wildman–Crippen MR) is 93.5 cm³/mol. The van der Waals surface area contributed by atoms with Crippen molar-refractivity contribution in [3.05, 3.63) is 66.2 Å². The van der Waals surface area contributed by atoms with E-state index in [1.54, 1.807) is 0 Å². The zero-order chi connectivity index (χ0) is 17.2. The van der Waals surface area contributed by atoms with Crippen molar-refractivity contribution in [3.63, 3.8) is 0 Å². The van der Waals surface area contributed by atoms with Gasteiger partial charge in [-0.15, -0.1) is 11.8 Å². The largest absolute Gasteiger partial charge is 0.469 e. The van der Waals surface area contributed by atoms with Gasteiger partial charge in [0.25, 0.3) is 0 Å². The fourth-order valence-corrected chi connectivity index (χ4v) is 3.05. The van der Waals surface area contributed by atoms with Crippen LogP contribution in [0, 0.1) is 5.92 Å². The molecule has 0 saturated heterocycles. The molecule has 0 spiro atoms. The number of esters is 2. The van der Waals surface area contributed by atoms with E-state index in [2.05, 4.69) is 4.74 Å². The number of thioether (sulfide) groups is 1. The Morgan fingerprint density at radius 3 is 2.25 bits per heavy atom. The second kappa shape index (κ2) is 9.78. The molecule has 4 nitrogen and oxygen atoms in total. The molecule has 2 aromatic rings. The van der Waals surface area contributed by atoms with E-state index in [0.717, 1.165) is 10.5 Å². The molecule has 126 valence electrons. The van der Waals surface area contributed by atoms with Gasteiger partial charge in [0.15, 0.2) is 0 Å². The molecule has 0 bridgehead atoms. The Morgan fingerprint density at radius 1 is 1.00 bits per heavy atom. The van der Waals surface area contributed by atoms with Crippen molar-refractivity contribution in [2.75, 3.05) is 12.9 Å². The van der Waals surface area contributed by atoms with Gasteiger partial charge >= 0.3 is 11.9 Å². The van der Waals surface area contributed by atoms with Gasteiger partial charge in [0.2, 0.25) is 0 Å². The van der Waals surface area contributed by atoms with Gasteiger partial charge in [0, 0.05) is 10.6 Å². The van der Waals surface area contributed by atoms with E-state index in [0.29, 0.717) is 5.75 Å². The highest BCUT2D eigenvalue weighted by atomic mass is 32.2. The Bertz CT molecular complexity index is 643. The van der Waals surface area contributed by atoms with Gasteiger partial charge in [-0.3, -0.25) is 9.59 Å². The average Bonchev–Trinajstić information content (AvgIpc) is 2.64. The minimum absolute atomic E-state index is 0.0178. The van der Waals surface area contributed by atoms with Crippen LogP contribution in [0.2, 0.25) is 0 Å². The second-order valence-electron chi connectivity index (χ2n) is 5.19. The summed E-state index contributed by atoms with van der Waals surface area (Å²) >= 11 is 1.52. The molecule has 0 saturated carbocycles. The topological polar surface area (TPSA) is 52.6 Å². The Labute approximate surface area is 146 Å². The first kappa shape index (κ1) is 18.1. The molecule has 0 N–H and O–H groups in total. The van der Waals surface area contributed by atoms with E-state index in [-0.39, 0.29) is 19.0 Å². The molecule has 1 atom stereocenters. The summed E-state index contributed by atoms with van der Waals surface area (Å²) in [6.07, 6.45) is 0.0178. The standard InChI is InChI=1S/C19H20O4S/c1-22-18(20)12-16(14-24-17-10-6-3-7-11-17)19(21)23-13-15-8-4-2-5-9-15/h2-11,16H,12-14H2,1H3. The molecule has 0 aliphatic heterocycles. The average molecular weight is 344 g/mol. The van der Waals surface area contributed by atoms with Gasteiger partial charge < -0.3 is 9.47 Å². The molecule has 0 aliphatic carbocycles. The van der Waals surface area contributed by atoms with Crippen LogP contribution < -0.4 is 0 Å². The van der Waals surface area contributed by atoms with Crippen molar-refractivity contribution in [2.24, 2.45) is 5.92 Å². The number of benzene rings is 2. The summed E-state index contributed by atoms with van der Waals surface area (Å²) in [7, 11) is 1.32. The van der Waals surface area contributed by atoms with E-state index in [4.69, 9.17) is 4.74 Å². The normalized spacial score (nSPS) is 11.5. The summed E-state index contributed by atoms with van der Waals surface area (Å²) in [5, 5.41) is 0. The SMILES string of the molecule is COC(=O)CC(CSc1ccccc1)C(=O)OCc1ccccc1. The number of methoxy groups -OCH3 is 1. The molecule has 2 rings (SSSR count). The molecular weight excluding hydrogens is 324 g/mol. The zero-order valence-corrected chi connectivity index (χ0v) is 14.3. The first-order valence-corrected chi connectivity index (χ1v) is 8.63. The van der Waals surface area contributed by atoms with Crippen molar-refractivity contribution in [1.29, 1.82) is 0 Å². The third-order valence-electron chi connectivity index (χ3n) is 3.39. The number of hydrogen-bond donors (Lipinski definition) is 0. The zero-order valence-electron chi connectivity index (χ0n) is 13.5. The molecule has 0 radical (unpaired) electrons. The van der Waals surface area contributed by atoms with Crippen LogP contribution in [0.15, 0.2) is 65.6 Å². The number of hydrogen-bond acceptors (Lipinski definition) is 5. The van der Waals surface area contributed by atoms with Gasteiger partial charge in [-0.25, -0.2) is 0 Å². The highest BCUT2D eigenvalue weighted by Crippen LogP contribution is 2.23. The fourth-order valence-electron chi connectivity index (χ4n) is 2.05. The van der Waals surface area contributed by atoms with Crippen LogP contribution in [0.5, 0.6) is 0 Å². The molecule has 0 fully saturated rings. The van der Waals surface area contributed by atoms with Crippen molar-refractivity contribution in [2.45, 2.75) is 17.9 Å². The minimum Gasteiger partial charge on any atom is -0.469 e. The van der Waals surface area contributed by atoms with E-state index in [9.17, 15) is 9.59 Å². The van der Waals surface area contributed by atoms with E-state index < -0.39 is 11.9 Å². The molecule has 0 aliphatic rings. The maximum absolute atomic E-state index is 12.3. The van der Waals surface area contributed by atoms with Crippen LogP contribution in [0.25, 0.3) is 0 Å². The molecular formula is C19H20O4S.